The summed E-state index contributed by atoms with van der Waals surface area (Å²) in [5.41, 5.74) is 1.33. The first-order chi connectivity index (χ1) is 10.8. The van der Waals surface area contributed by atoms with Crippen molar-refractivity contribution in [2.24, 2.45) is 0 Å². The molecule has 1 atom stereocenters. The molecule has 3 rings (SSSR count). The van der Waals surface area contributed by atoms with Crippen LogP contribution in [0.15, 0.2) is 11.4 Å². The van der Waals surface area contributed by atoms with Crippen LogP contribution in [0.1, 0.15) is 19.8 Å². The average Bonchev–Trinajstić information content (AvgIpc) is 3.19. The van der Waals surface area contributed by atoms with Crippen LogP contribution in [-0.2, 0) is 16.1 Å². The maximum atomic E-state index is 11.9. The Kier molecular flexibility index (Phi) is 4.84. The van der Waals surface area contributed by atoms with Gasteiger partial charge in [0.2, 0.25) is 5.91 Å². The number of hydrogen-bond donors (Lipinski definition) is 1. The summed E-state index contributed by atoms with van der Waals surface area (Å²) in [5.74, 6) is 0.257. The molecule has 8 nitrogen and oxygen atoms in total. The predicted octanol–water partition coefficient (Wildman–Crippen LogP) is 0.628. The van der Waals surface area contributed by atoms with Crippen LogP contribution in [0.3, 0.4) is 0 Å². The van der Waals surface area contributed by atoms with Gasteiger partial charge in [0.05, 0.1) is 11.9 Å². The van der Waals surface area contributed by atoms with E-state index in [0.29, 0.717) is 29.3 Å². The zero-order chi connectivity index (χ0) is 15.4. The van der Waals surface area contributed by atoms with E-state index in [-0.39, 0.29) is 17.8 Å². The van der Waals surface area contributed by atoms with Gasteiger partial charge in [0.1, 0.15) is 11.4 Å². The fourth-order valence-corrected chi connectivity index (χ4v) is 3.07. The van der Waals surface area contributed by atoms with Crippen LogP contribution in [0.4, 0.5) is 0 Å². The van der Waals surface area contributed by atoms with Gasteiger partial charge in [0, 0.05) is 19.7 Å². The largest absolute Gasteiger partial charge is 0.376 e. The van der Waals surface area contributed by atoms with Gasteiger partial charge in [-0.15, -0.1) is 5.10 Å². The number of carbonyl (C=O) groups is 1. The molecule has 1 aliphatic heterocycles. The summed E-state index contributed by atoms with van der Waals surface area (Å²) < 4.78 is 7.18. The second kappa shape index (κ2) is 7.01. The van der Waals surface area contributed by atoms with Crippen molar-refractivity contribution in [2.75, 3.05) is 18.9 Å². The van der Waals surface area contributed by atoms with Crippen molar-refractivity contribution in [1.82, 2.24) is 30.3 Å². The number of aromatic nitrogens is 5. The highest BCUT2D eigenvalue weighted by atomic mass is 32.2. The number of amides is 1. The average molecular weight is 322 g/mol. The van der Waals surface area contributed by atoms with Crippen LogP contribution in [0.25, 0.3) is 11.2 Å². The second-order valence-corrected chi connectivity index (χ2v) is 5.95. The minimum atomic E-state index is -0.0323. The van der Waals surface area contributed by atoms with Crippen molar-refractivity contribution in [3.63, 3.8) is 0 Å². The number of thioether (sulfide) groups is 1. The number of rotatable bonds is 6. The van der Waals surface area contributed by atoms with E-state index in [0.717, 1.165) is 19.4 Å². The minimum Gasteiger partial charge on any atom is -0.376 e. The van der Waals surface area contributed by atoms with Crippen molar-refractivity contribution in [1.29, 1.82) is 0 Å². The molecule has 118 valence electrons. The summed E-state index contributed by atoms with van der Waals surface area (Å²) in [4.78, 5) is 20.3. The monoisotopic (exact) mass is 322 g/mol. The lowest BCUT2D eigenvalue weighted by Gasteiger charge is -2.10. The van der Waals surface area contributed by atoms with Crippen molar-refractivity contribution < 1.29 is 9.53 Å². The molecular formula is C13H18N6O2S. The van der Waals surface area contributed by atoms with Crippen LogP contribution in [-0.4, -0.2) is 55.9 Å². The zero-order valence-electron chi connectivity index (χ0n) is 12.4. The summed E-state index contributed by atoms with van der Waals surface area (Å²) >= 11 is 1.34. The highest BCUT2D eigenvalue weighted by molar-refractivity contribution is 8.00. The maximum Gasteiger partial charge on any atom is 0.230 e. The van der Waals surface area contributed by atoms with Gasteiger partial charge in [-0.2, -0.15) is 0 Å². The minimum absolute atomic E-state index is 0.0323. The maximum absolute atomic E-state index is 11.9. The second-order valence-electron chi connectivity index (χ2n) is 4.98. The van der Waals surface area contributed by atoms with E-state index in [1.54, 1.807) is 4.68 Å². The van der Waals surface area contributed by atoms with Gasteiger partial charge >= 0.3 is 0 Å². The SMILES string of the molecule is CCn1nnc2c(SCC(=O)NC[C@@H]3CCCO3)ncnc21. The van der Waals surface area contributed by atoms with Crippen LogP contribution < -0.4 is 5.32 Å². The Morgan fingerprint density at radius 1 is 1.55 bits per heavy atom. The summed E-state index contributed by atoms with van der Waals surface area (Å²) in [7, 11) is 0. The van der Waals surface area contributed by atoms with E-state index in [1.165, 1.54) is 18.1 Å². The van der Waals surface area contributed by atoms with E-state index < -0.39 is 0 Å². The third-order valence-corrected chi connectivity index (χ3v) is 4.44. The Bertz CT molecular complexity index is 655. The van der Waals surface area contributed by atoms with Gasteiger partial charge < -0.3 is 10.1 Å². The van der Waals surface area contributed by atoms with Crippen LogP contribution in [0.5, 0.6) is 0 Å². The van der Waals surface area contributed by atoms with E-state index in [2.05, 4.69) is 25.6 Å². The number of fused-ring (bicyclic) bond motifs is 1. The molecule has 22 heavy (non-hydrogen) atoms. The first kappa shape index (κ1) is 15.2. The van der Waals surface area contributed by atoms with Crippen LogP contribution >= 0.6 is 11.8 Å². The lowest BCUT2D eigenvalue weighted by atomic mass is 10.2. The number of nitrogens with zero attached hydrogens (tertiary/aromatic N) is 5. The first-order valence-corrected chi connectivity index (χ1v) is 8.31. The molecule has 0 aliphatic carbocycles. The third-order valence-electron chi connectivity index (χ3n) is 3.46. The Labute approximate surface area is 132 Å². The summed E-state index contributed by atoms with van der Waals surface area (Å²) in [6.45, 7) is 4.03. The van der Waals surface area contributed by atoms with Gasteiger partial charge in [-0.25, -0.2) is 14.6 Å². The lowest BCUT2D eigenvalue weighted by Crippen LogP contribution is -2.32. The molecule has 1 saturated heterocycles. The Morgan fingerprint density at radius 2 is 2.45 bits per heavy atom. The molecule has 3 heterocycles. The lowest BCUT2D eigenvalue weighted by molar-refractivity contribution is -0.119. The number of carbonyl (C=O) groups excluding carboxylic acids is 1. The summed E-state index contributed by atoms with van der Waals surface area (Å²) in [5, 5.41) is 11.7. The smallest absolute Gasteiger partial charge is 0.230 e. The van der Waals surface area contributed by atoms with Gasteiger partial charge in [-0.1, -0.05) is 17.0 Å². The van der Waals surface area contributed by atoms with E-state index in [9.17, 15) is 4.79 Å². The zero-order valence-corrected chi connectivity index (χ0v) is 13.2. The third kappa shape index (κ3) is 3.36. The van der Waals surface area contributed by atoms with Crippen molar-refractivity contribution in [3.8, 4) is 0 Å². The quantitative estimate of drug-likeness (QED) is 0.615. The predicted molar refractivity (Wildman–Crippen MR) is 81.5 cm³/mol. The van der Waals surface area contributed by atoms with E-state index in [1.807, 2.05) is 6.92 Å². The molecule has 0 bridgehead atoms. The molecule has 1 aliphatic rings. The highest BCUT2D eigenvalue weighted by Crippen LogP contribution is 2.22. The van der Waals surface area contributed by atoms with Crippen LogP contribution in [0, 0.1) is 0 Å². The fraction of sp³-hybridized carbons (Fsp3) is 0.615. The molecule has 0 spiro atoms. The topological polar surface area (TPSA) is 94.8 Å². The Hall–Kier alpha value is -1.74. The van der Waals surface area contributed by atoms with Crippen molar-refractivity contribution in [3.05, 3.63) is 6.33 Å². The molecule has 1 amide bonds. The Morgan fingerprint density at radius 3 is 3.23 bits per heavy atom. The van der Waals surface area contributed by atoms with Crippen molar-refractivity contribution >= 4 is 28.8 Å². The number of hydrogen-bond acceptors (Lipinski definition) is 7. The van der Waals surface area contributed by atoms with Crippen molar-refractivity contribution in [2.45, 2.75) is 37.4 Å². The van der Waals surface area contributed by atoms with Gasteiger partial charge in [0.25, 0.3) is 0 Å². The molecule has 1 fully saturated rings. The van der Waals surface area contributed by atoms with Crippen LogP contribution in [0.2, 0.25) is 0 Å². The standard InChI is InChI=1S/C13H18N6O2S/c1-2-19-12-11(17-18-19)13(16-8-15-12)22-7-10(20)14-6-9-4-3-5-21-9/h8-9H,2-7H2,1H3,(H,14,20)/t9-/m0/s1. The molecule has 0 unspecified atom stereocenters. The fourth-order valence-electron chi connectivity index (χ4n) is 2.31. The molecule has 1 N–H and O–H groups in total. The first-order valence-electron chi connectivity index (χ1n) is 7.33. The number of ether oxygens (including phenoxy) is 1. The summed E-state index contributed by atoms with van der Waals surface area (Å²) in [6, 6.07) is 0. The number of aryl methyl sites for hydroxylation is 1. The van der Waals surface area contributed by atoms with E-state index >= 15 is 0 Å². The molecule has 9 heteroatoms. The molecule has 0 aromatic carbocycles. The summed E-state index contributed by atoms with van der Waals surface area (Å²) in [6.07, 6.45) is 3.72. The molecule has 0 radical (unpaired) electrons. The molecule has 2 aromatic rings. The normalized spacial score (nSPS) is 18.0. The molecular weight excluding hydrogens is 304 g/mol. The highest BCUT2D eigenvalue weighted by Gasteiger charge is 2.17. The number of nitrogens with one attached hydrogen (secondary N) is 1. The van der Waals surface area contributed by atoms with Gasteiger partial charge in [-0.05, 0) is 19.8 Å². The van der Waals surface area contributed by atoms with E-state index in [4.69, 9.17) is 4.74 Å². The van der Waals surface area contributed by atoms with Gasteiger partial charge in [0.15, 0.2) is 11.2 Å². The van der Waals surface area contributed by atoms with Gasteiger partial charge in [-0.3, -0.25) is 4.79 Å². The molecule has 2 aromatic heterocycles. The molecule has 0 saturated carbocycles. The Balaban J connectivity index is 1.56.